The van der Waals surface area contributed by atoms with Crippen molar-refractivity contribution in [3.63, 3.8) is 0 Å². The summed E-state index contributed by atoms with van der Waals surface area (Å²) in [6, 6.07) is 8.82. The van der Waals surface area contributed by atoms with Crippen molar-refractivity contribution in [2.24, 2.45) is 5.92 Å². The average molecular weight is 488 g/mol. The number of nitrogens with one attached hydrogen (secondary N) is 1. The predicted octanol–water partition coefficient (Wildman–Crippen LogP) is 4.85. The number of anilines is 1. The van der Waals surface area contributed by atoms with E-state index in [1.54, 1.807) is 31.3 Å². The first-order chi connectivity index (χ1) is 16.8. The van der Waals surface area contributed by atoms with Crippen molar-refractivity contribution >= 4 is 28.3 Å². The van der Waals surface area contributed by atoms with E-state index in [0.29, 0.717) is 22.0 Å². The number of hydrogen-bond acceptors (Lipinski definition) is 6. The topological polar surface area (TPSA) is 99.0 Å². The summed E-state index contributed by atoms with van der Waals surface area (Å²) in [7, 11) is 1.25. The van der Waals surface area contributed by atoms with Crippen LogP contribution in [0.2, 0.25) is 0 Å². The van der Waals surface area contributed by atoms with Gasteiger partial charge < -0.3 is 29.2 Å². The number of halogens is 2. The van der Waals surface area contributed by atoms with Crippen molar-refractivity contribution in [2.75, 3.05) is 19.0 Å². The smallest absolute Gasteiger partial charge is 0.387 e. The van der Waals surface area contributed by atoms with E-state index < -0.39 is 18.6 Å². The molecule has 1 unspecified atom stereocenters. The Balaban J connectivity index is 1.79. The lowest BCUT2D eigenvalue weighted by Crippen LogP contribution is -2.16. The van der Waals surface area contributed by atoms with Gasteiger partial charge in [-0.05, 0) is 43.5 Å². The molecule has 1 fully saturated rings. The minimum Gasteiger partial charge on any atom is -0.494 e. The summed E-state index contributed by atoms with van der Waals surface area (Å²) < 4.78 is 42.0. The van der Waals surface area contributed by atoms with Crippen LogP contribution in [-0.2, 0) is 14.3 Å². The summed E-state index contributed by atoms with van der Waals surface area (Å²) in [6.07, 6.45) is 3.18. The molecule has 1 atom stereocenters. The molecule has 0 spiro atoms. The summed E-state index contributed by atoms with van der Waals surface area (Å²) in [6.45, 7) is -1.13. The number of aromatic hydroxyl groups is 1. The molecule has 0 bridgehead atoms. The zero-order valence-corrected chi connectivity index (χ0v) is 19.3. The van der Waals surface area contributed by atoms with Crippen molar-refractivity contribution in [3.05, 3.63) is 48.2 Å². The first kappa shape index (κ1) is 24.3. The van der Waals surface area contributed by atoms with Gasteiger partial charge in [0, 0.05) is 17.5 Å². The minimum absolute atomic E-state index is 0.0208. The Hall–Kier alpha value is -3.82. The molecule has 4 rings (SSSR count). The highest BCUT2D eigenvalue weighted by atomic mass is 19.3. The molecule has 1 saturated carbocycles. The van der Waals surface area contributed by atoms with Crippen molar-refractivity contribution in [1.29, 1.82) is 0 Å². The van der Waals surface area contributed by atoms with Crippen LogP contribution in [-0.4, -0.2) is 41.9 Å². The monoisotopic (exact) mass is 488 g/mol. The third kappa shape index (κ3) is 5.31. The molecule has 1 aromatic heterocycles. The van der Waals surface area contributed by atoms with Gasteiger partial charge in [-0.1, -0.05) is 18.2 Å². The second kappa shape index (κ2) is 10.2. The lowest BCUT2D eigenvalue weighted by molar-refractivity contribution is -0.141. The van der Waals surface area contributed by atoms with Gasteiger partial charge in [0.25, 0.3) is 0 Å². The second-order valence-electron chi connectivity index (χ2n) is 8.21. The number of aromatic nitrogens is 1. The van der Waals surface area contributed by atoms with Crippen LogP contribution in [0.4, 0.5) is 14.5 Å². The highest BCUT2D eigenvalue weighted by molar-refractivity contribution is 6.05. The molecule has 2 aromatic carbocycles. The van der Waals surface area contributed by atoms with E-state index >= 15 is 0 Å². The van der Waals surface area contributed by atoms with Crippen LogP contribution >= 0.6 is 0 Å². The van der Waals surface area contributed by atoms with E-state index in [1.165, 1.54) is 29.9 Å². The number of nitrogens with zero attached hydrogens (tertiary/aromatic N) is 1. The highest BCUT2D eigenvalue weighted by Crippen LogP contribution is 2.41. The van der Waals surface area contributed by atoms with Gasteiger partial charge in [0.15, 0.2) is 11.5 Å². The molecule has 0 aliphatic heterocycles. The van der Waals surface area contributed by atoms with E-state index in [9.17, 15) is 23.5 Å². The Kier molecular flexibility index (Phi) is 7.09. The van der Waals surface area contributed by atoms with Gasteiger partial charge in [0.2, 0.25) is 11.8 Å². The van der Waals surface area contributed by atoms with Crippen LogP contribution in [0.3, 0.4) is 0 Å². The van der Waals surface area contributed by atoms with E-state index in [-0.39, 0.29) is 42.2 Å². The minimum atomic E-state index is -3.03. The van der Waals surface area contributed by atoms with Crippen LogP contribution in [0.5, 0.6) is 17.4 Å². The number of carbonyl (C=O) groups is 2. The number of methoxy groups -OCH3 is 1. The Morgan fingerprint density at radius 1 is 1.20 bits per heavy atom. The van der Waals surface area contributed by atoms with E-state index in [1.807, 2.05) is 0 Å². The molecule has 1 aliphatic carbocycles. The zero-order chi connectivity index (χ0) is 25.1. The Morgan fingerprint density at radius 3 is 2.63 bits per heavy atom. The standard InChI is InChI=1S/C25H26F2N2O6/c1-3-34-20-11-15(9-10-19(20)35-25(26)27)18(12-21(30)33-2)29-13-16-5-4-6-17(22(16)24(29)32)28-23(31)14-7-8-14/h4-6,9-11,13-14,18,25,32H,3,7-8,12H2,1-2H3,(H,28,31). The molecule has 1 heterocycles. The molecule has 2 N–H and O–H groups in total. The summed E-state index contributed by atoms with van der Waals surface area (Å²) in [4.78, 5) is 24.6. The average Bonchev–Trinajstić information content (AvgIpc) is 3.62. The number of hydrogen-bond donors (Lipinski definition) is 2. The molecule has 1 amide bonds. The van der Waals surface area contributed by atoms with Gasteiger partial charge in [0.05, 0.1) is 37.3 Å². The van der Waals surface area contributed by atoms with Crippen LogP contribution in [0.1, 0.15) is 37.8 Å². The number of esters is 1. The van der Waals surface area contributed by atoms with Crippen LogP contribution < -0.4 is 14.8 Å². The normalized spacial score (nSPS) is 14.1. The lowest BCUT2D eigenvalue weighted by Gasteiger charge is -2.21. The molecule has 0 radical (unpaired) electrons. The number of carbonyl (C=O) groups excluding carboxylic acids is 2. The maximum absolute atomic E-state index is 12.8. The largest absolute Gasteiger partial charge is 0.494 e. The fraction of sp³-hybridized carbons (Fsp3) is 0.360. The number of rotatable bonds is 10. The van der Waals surface area contributed by atoms with E-state index in [4.69, 9.17) is 9.47 Å². The zero-order valence-electron chi connectivity index (χ0n) is 19.3. The van der Waals surface area contributed by atoms with Crippen molar-refractivity contribution < 1.29 is 37.7 Å². The maximum atomic E-state index is 12.8. The van der Waals surface area contributed by atoms with Crippen LogP contribution in [0.15, 0.2) is 42.6 Å². The lowest BCUT2D eigenvalue weighted by atomic mass is 10.0. The van der Waals surface area contributed by atoms with Crippen molar-refractivity contribution in [1.82, 2.24) is 4.57 Å². The Morgan fingerprint density at radius 2 is 1.97 bits per heavy atom. The molecule has 10 heteroatoms. The molecule has 35 heavy (non-hydrogen) atoms. The molecular formula is C25H26F2N2O6. The first-order valence-electron chi connectivity index (χ1n) is 11.2. The van der Waals surface area contributed by atoms with Crippen molar-refractivity contribution in [3.8, 4) is 17.4 Å². The number of alkyl halides is 2. The van der Waals surface area contributed by atoms with Crippen LogP contribution in [0, 0.1) is 5.92 Å². The Bertz CT molecular complexity index is 1240. The third-order valence-corrected chi connectivity index (χ3v) is 5.84. The van der Waals surface area contributed by atoms with E-state index in [2.05, 4.69) is 10.1 Å². The van der Waals surface area contributed by atoms with Gasteiger partial charge in [-0.25, -0.2) is 0 Å². The molecule has 186 valence electrons. The fourth-order valence-electron chi connectivity index (χ4n) is 4.00. The second-order valence-corrected chi connectivity index (χ2v) is 8.21. The molecule has 8 nitrogen and oxygen atoms in total. The first-order valence-corrected chi connectivity index (χ1v) is 11.2. The maximum Gasteiger partial charge on any atom is 0.387 e. The Labute approximate surface area is 200 Å². The summed E-state index contributed by atoms with van der Waals surface area (Å²) >= 11 is 0. The number of benzene rings is 2. The fourth-order valence-corrected chi connectivity index (χ4v) is 4.00. The van der Waals surface area contributed by atoms with Crippen molar-refractivity contribution in [2.45, 2.75) is 38.8 Å². The van der Waals surface area contributed by atoms with Gasteiger partial charge in [-0.15, -0.1) is 0 Å². The third-order valence-electron chi connectivity index (χ3n) is 5.84. The number of ether oxygens (including phenoxy) is 3. The summed E-state index contributed by atoms with van der Waals surface area (Å²) in [5.74, 6) is -0.894. The summed E-state index contributed by atoms with van der Waals surface area (Å²) in [5.41, 5.74) is 0.961. The number of amides is 1. The predicted molar refractivity (Wildman–Crippen MR) is 124 cm³/mol. The quantitative estimate of drug-likeness (QED) is 0.396. The van der Waals surface area contributed by atoms with Gasteiger partial charge >= 0.3 is 12.6 Å². The molecular weight excluding hydrogens is 462 g/mol. The van der Waals surface area contributed by atoms with Gasteiger partial charge in [-0.2, -0.15) is 8.78 Å². The molecule has 1 aliphatic rings. The van der Waals surface area contributed by atoms with Gasteiger partial charge in [-0.3, -0.25) is 9.59 Å². The number of fused-ring (bicyclic) bond motifs is 1. The molecule has 3 aromatic rings. The molecule has 0 saturated heterocycles. The highest BCUT2D eigenvalue weighted by Gasteiger charge is 2.31. The van der Waals surface area contributed by atoms with Crippen LogP contribution in [0.25, 0.3) is 10.8 Å². The van der Waals surface area contributed by atoms with Gasteiger partial charge in [0.1, 0.15) is 0 Å². The van der Waals surface area contributed by atoms with E-state index in [0.717, 1.165) is 12.8 Å². The SMILES string of the molecule is CCOc1cc(C(CC(=O)OC)n2cc3cccc(NC(=O)C4CC4)c3c2O)ccc1OC(F)F. The summed E-state index contributed by atoms with van der Waals surface area (Å²) in [5, 5.41) is 15.2.